The van der Waals surface area contributed by atoms with Crippen LogP contribution in [-0.2, 0) is 22.5 Å². The molecule has 0 radical (unpaired) electrons. The zero-order chi connectivity index (χ0) is 21.8. The average molecular weight is 540 g/mol. The number of rotatable bonds is 10. The largest absolute Gasteiger partial charge is 0.491 e. The summed E-state index contributed by atoms with van der Waals surface area (Å²) in [7, 11) is 3.32. The van der Waals surface area contributed by atoms with Crippen LogP contribution in [0.25, 0.3) is 0 Å². The van der Waals surface area contributed by atoms with E-state index in [1.54, 1.807) is 14.2 Å². The van der Waals surface area contributed by atoms with E-state index in [2.05, 4.69) is 27.9 Å². The van der Waals surface area contributed by atoms with Gasteiger partial charge >= 0.3 is 0 Å². The minimum atomic E-state index is -0.134. The van der Waals surface area contributed by atoms with Gasteiger partial charge in [-0.2, -0.15) is 0 Å². The highest BCUT2D eigenvalue weighted by atomic mass is 127. The summed E-state index contributed by atoms with van der Waals surface area (Å²) in [4.78, 5) is 16.4. The van der Waals surface area contributed by atoms with Gasteiger partial charge < -0.3 is 25.4 Å². The van der Waals surface area contributed by atoms with E-state index in [4.69, 9.17) is 9.47 Å². The number of hydrogen-bond donors (Lipinski definition) is 3. The lowest BCUT2D eigenvalue weighted by Crippen LogP contribution is -2.41. The van der Waals surface area contributed by atoms with Gasteiger partial charge in [-0.15, -0.1) is 24.0 Å². The van der Waals surface area contributed by atoms with Crippen LogP contribution in [0.4, 0.5) is 5.69 Å². The Labute approximate surface area is 202 Å². The molecular formula is C23H33IN4O3. The molecule has 2 rings (SSSR count). The number of halogens is 1. The highest BCUT2D eigenvalue weighted by Crippen LogP contribution is 2.20. The van der Waals surface area contributed by atoms with Crippen molar-refractivity contribution in [1.82, 2.24) is 10.6 Å². The minimum absolute atomic E-state index is 0. The van der Waals surface area contributed by atoms with E-state index in [-0.39, 0.29) is 36.4 Å². The molecule has 0 saturated heterocycles. The lowest BCUT2D eigenvalue weighted by molar-refractivity contribution is -0.115. The summed E-state index contributed by atoms with van der Waals surface area (Å²) in [5.41, 5.74) is 4.10. The van der Waals surface area contributed by atoms with Gasteiger partial charge in [0.1, 0.15) is 12.4 Å². The Bertz CT molecular complexity index is 858. The molecule has 170 valence electrons. The first-order valence-corrected chi connectivity index (χ1v) is 10.1. The number of carbonyl (C=O) groups is 1. The fourth-order valence-electron chi connectivity index (χ4n) is 2.81. The van der Waals surface area contributed by atoms with Crippen LogP contribution < -0.4 is 20.7 Å². The van der Waals surface area contributed by atoms with Crippen LogP contribution in [0, 0.1) is 6.92 Å². The van der Waals surface area contributed by atoms with Crippen molar-refractivity contribution in [2.75, 3.05) is 39.2 Å². The van der Waals surface area contributed by atoms with Crippen molar-refractivity contribution in [2.45, 2.75) is 26.8 Å². The number of amides is 1. The number of nitrogens with one attached hydrogen (secondary N) is 3. The summed E-state index contributed by atoms with van der Waals surface area (Å²) in [6, 6.07) is 13.9. The molecule has 0 spiro atoms. The van der Waals surface area contributed by atoms with Crippen molar-refractivity contribution < 1.29 is 14.3 Å². The molecule has 8 heteroatoms. The Kier molecular flexibility index (Phi) is 12.6. The van der Waals surface area contributed by atoms with Gasteiger partial charge in [0.25, 0.3) is 0 Å². The van der Waals surface area contributed by atoms with Gasteiger partial charge in [0.15, 0.2) is 5.96 Å². The van der Waals surface area contributed by atoms with Crippen LogP contribution in [0.1, 0.15) is 23.6 Å². The predicted molar refractivity (Wildman–Crippen MR) is 137 cm³/mol. The first kappa shape index (κ1) is 26.7. The number of anilines is 1. The van der Waals surface area contributed by atoms with Crippen molar-refractivity contribution in [3.63, 3.8) is 0 Å². The molecule has 7 nitrogen and oxygen atoms in total. The number of aliphatic imine (C=N–C) groups is 1. The molecule has 0 fully saturated rings. The molecule has 0 bridgehead atoms. The summed E-state index contributed by atoms with van der Waals surface area (Å²) in [5, 5.41) is 9.16. The van der Waals surface area contributed by atoms with E-state index in [1.807, 2.05) is 49.4 Å². The Morgan fingerprint density at radius 1 is 1.10 bits per heavy atom. The zero-order valence-electron chi connectivity index (χ0n) is 18.7. The van der Waals surface area contributed by atoms with Crippen molar-refractivity contribution >= 4 is 41.5 Å². The molecule has 0 aliphatic heterocycles. The molecule has 0 atom stereocenters. The van der Waals surface area contributed by atoms with Crippen molar-refractivity contribution in [3.05, 3.63) is 59.2 Å². The number of ether oxygens (including phenoxy) is 2. The fourth-order valence-corrected chi connectivity index (χ4v) is 2.81. The van der Waals surface area contributed by atoms with Crippen molar-refractivity contribution in [3.8, 4) is 5.75 Å². The highest BCUT2D eigenvalue weighted by Gasteiger charge is 2.08. The Balaban J connectivity index is 0.00000480. The van der Waals surface area contributed by atoms with Crippen LogP contribution in [0.5, 0.6) is 5.75 Å². The molecule has 0 unspecified atom stereocenters. The number of carbonyl (C=O) groups excluding carboxylic acids is 1. The van der Waals surface area contributed by atoms with Gasteiger partial charge in [0.05, 0.1) is 13.2 Å². The molecule has 0 aromatic heterocycles. The van der Waals surface area contributed by atoms with Gasteiger partial charge in [-0.05, 0) is 42.7 Å². The fraction of sp³-hybridized carbons (Fsp3) is 0.391. The van der Waals surface area contributed by atoms with Crippen molar-refractivity contribution in [2.24, 2.45) is 4.99 Å². The minimum Gasteiger partial charge on any atom is -0.491 e. The van der Waals surface area contributed by atoms with Gasteiger partial charge in [0, 0.05) is 32.0 Å². The maximum atomic E-state index is 12.3. The topological polar surface area (TPSA) is 84.0 Å². The normalized spacial score (nSPS) is 10.8. The average Bonchev–Trinajstić information content (AvgIpc) is 2.75. The Hall–Kier alpha value is -2.33. The monoisotopic (exact) mass is 540 g/mol. The van der Waals surface area contributed by atoms with Gasteiger partial charge in [-0.3, -0.25) is 9.79 Å². The molecule has 2 aromatic rings. The molecule has 2 aromatic carbocycles. The second kappa shape index (κ2) is 14.6. The molecule has 31 heavy (non-hydrogen) atoms. The van der Waals surface area contributed by atoms with E-state index in [9.17, 15) is 4.79 Å². The third-order valence-electron chi connectivity index (χ3n) is 4.47. The summed E-state index contributed by atoms with van der Waals surface area (Å²) in [5.74, 6) is 1.21. The quantitative estimate of drug-likeness (QED) is 0.186. The molecule has 0 aliphatic carbocycles. The summed E-state index contributed by atoms with van der Waals surface area (Å²) >= 11 is 0. The van der Waals surface area contributed by atoms with Crippen LogP contribution in [-0.4, -0.2) is 45.8 Å². The van der Waals surface area contributed by atoms with Crippen molar-refractivity contribution in [1.29, 1.82) is 0 Å². The second-order valence-corrected chi connectivity index (χ2v) is 6.83. The molecular weight excluding hydrogens is 507 g/mol. The predicted octanol–water partition coefficient (Wildman–Crippen LogP) is 3.50. The molecule has 0 heterocycles. The van der Waals surface area contributed by atoms with Gasteiger partial charge in [0.2, 0.25) is 5.91 Å². The van der Waals surface area contributed by atoms with Crippen LogP contribution in [0.3, 0.4) is 0 Å². The summed E-state index contributed by atoms with van der Waals surface area (Å²) < 4.78 is 10.9. The number of guanidine groups is 1. The third-order valence-corrected chi connectivity index (χ3v) is 4.47. The molecule has 3 N–H and O–H groups in total. The number of aryl methyl sites for hydroxylation is 2. The third kappa shape index (κ3) is 9.56. The molecule has 0 aliphatic rings. The first-order valence-electron chi connectivity index (χ1n) is 10.1. The Morgan fingerprint density at radius 3 is 2.61 bits per heavy atom. The van der Waals surface area contributed by atoms with Gasteiger partial charge in [-0.1, -0.05) is 31.2 Å². The standard InChI is InChI=1S/C23H32N4O3.HI/c1-5-18-7-6-8-20(14-18)27-22(28)16-26-23(24-3)25-15-19-10-9-17(2)13-21(19)30-12-11-29-4;/h6-10,13-14H,5,11-12,15-16H2,1-4H3,(H,27,28)(H2,24,25,26);1H. The van der Waals surface area contributed by atoms with E-state index in [0.717, 1.165) is 29.0 Å². The second-order valence-electron chi connectivity index (χ2n) is 6.83. The molecule has 0 saturated carbocycles. The summed E-state index contributed by atoms with van der Waals surface area (Å²) in [6.45, 7) is 5.75. The van der Waals surface area contributed by atoms with E-state index in [0.29, 0.717) is 25.7 Å². The van der Waals surface area contributed by atoms with Crippen LogP contribution >= 0.6 is 24.0 Å². The van der Waals surface area contributed by atoms with E-state index >= 15 is 0 Å². The number of methoxy groups -OCH3 is 1. The van der Waals surface area contributed by atoms with Crippen LogP contribution in [0.15, 0.2) is 47.5 Å². The lowest BCUT2D eigenvalue weighted by atomic mass is 10.1. The molecule has 1 amide bonds. The van der Waals surface area contributed by atoms with E-state index in [1.165, 1.54) is 5.56 Å². The maximum Gasteiger partial charge on any atom is 0.243 e. The SMILES string of the molecule is CCc1cccc(NC(=O)CNC(=NC)NCc2ccc(C)cc2OCCOC)c1.I. The summed E-state index contributed by atoms with van der Waals surface area (Å²) in [6.07, 6.45) is 0.925. The Morgan fingerprint density at radius 2 is 1.90 bits per heavy atom. The first-order chi connectivity index (χ1) is 14.5. The highest BCUT2D eigenvalue weighted by molar-refractivity contribution is 14.0. The number of hydrogen-bond acceptors (Lipinski definition) is 4. The maximum absolute atomic E-state index is 12.3. The number of nitrogens with zero attached hydrogens (tertiary/aromatic N) is 1. The lowest BCUT2D eigenvalue weighted by Gasteiger charge is -2.15. The zero-order valence-corrected chi connectivity index (χ0v) is 21.0. The smallest absolute Gasteiger partial charge is 0.243 e. The van der Waals surface area contributed by atoms with Gasteiger partial charge in [-0.25, -0.2) is 0 Å². The van der Waals surface area contributed by atoms with Crippen LogP contribution in [0.2, 0.25) is 0 Å². The number of benzene rings is 2. The van der Waals surface area contributed by atoms with E-state index < -0.39 is 0 Å².